The fourth-order valence-corrected chi connectivity index (χ4v) is 9.43. The van der Waals surface area contributed by atoms with Crippen molar-refractivity contribution in [2.24, 2.45) is 0 Å². The van der Waals surface area contributed by atoms with Gasteiger partial charge in [0.05, 0.1) is 10.8 Å². The third-order valence-corrected chi connectivity index (χ3v) is 12.0. The van der Waals surface area contributed by atoms with Crippen LogP contribution in [0.4, 0.5) is 0 Å². The first kappa shape index (κ1) is 36.1. The quantitative estimate of drug-likeness (QED) is 0.0776. The number of hydrogen-bond acceptors (Lipinski definition) is 8. The van der Waals surface area contributed by atoms with Gasteiger partial charge >= 0.3 is 0 Å². The summed E-state index contributed by atoms with van der Waals surface area (Å²) in [5, 5.41) is 95.6. The lowest BCUT2D eigenvalue weighted by Gasteiger charge is -2.37. The molecular weight excluding hydrogens is 729 g/mol. The minimum absolute atomic E-state index is 0.119. The molecule has 0 saturated carbocycles. The Hall–Kier alpha value is -7.58. The number of benzene rings is 9. The van der Waals surface area contributed by atoms with E-state index < -0.39 is 10.8 Å². The van der Waals surface area contributed by atoms with Crippen molar-refractivity contribution < 1.29 is 40.9 Å². The van der Waals surface area contributed by atoms with Gasteiger partial charge in [-0.25, -0.2) is 0 Å². The van der Waals surface area contributed by atoms with E-state index in [9.17, 15) is 40.9 Å². The molecule has 0 unspecified atom stereocenters. The molecule has 8 N–H and O–H groups in total. The van der Waals surface area contributed by atoms with Gasteiger partial charge in [-0.2, -0.15) is 0 Å². The van der Waals surface area contributed by atoms with Gasteiger partial charge in [0.25, 0.3) is 0 Å². The fourth-order valence-electron chi connectivity index (χ4n) is 9.43. The molecule has 0 amide bonds. The summed E-state index contributed by atoms with van der Waals surface area (Å²) >= 11 is 0. The van der Waals surface area contributed by atoms with Crippen molar-refractivity contribution in [1.82, 2.24) is 0 Å². The van der Waals surface area contributed by atoms with Gasteiger partial charge in [-0.1, -0.05) is 121 Å². The van der Waals surface area contributed by atoms with E-state index in [4.69, 9.17) is 0 Å². The highest BCUT2D eigenvalue weighted by molar-refractivity contribution is 6.01. The third kappa shape index (κ3) is 5.08. The second-order valence-corrected chi connectivity index (χ2v) is 15.2. The minimum atomic E-state index is -1.36. The van der Waals surface area contributed by atoms with Crippen molar-refractivity contribution in [1.29, 1.82) is 0 Å². The highest BCUT2D eigenvalue weighted by Gasteiger charge is 2.42. The maximum absolute atomic E-state index is 11.9. The normalized spacial score (nSPS) is 12.2. The molecule has 0 aromatic heterocycles. The third-order valence-electron chi connectivity index (χ3n) is 12.0. The number of fused-ring (bicyclic) bond motifs is 4. The SMILES string of the molecule is CC(c1ccc(C(C)(c2c(O)cc(O)c3ccccc23)c2c(O)cc(O)c3ccccc23)cc1)(c1c(O)cc(O)c2ccccc12)c1c(O)cc(O)c2ccccc12. The van der Waals surface area contributed by atoms with E-state index in [2.05, 4.69) is 0 Å². The van der Waals surface area contributed by atoms with Crippen LogP contribution in [-0.4, -0.2) is 40.9 Å². The van der Waals surface area contributed by atoms with Crippen LogP contribution < -0.4 is 0 Å². The van der Waals surface area contributed by atoms with E-state index in [1.807, 2.05) is 38.1 Å². The number of aromatic hydroxyl groups is 8. The van der Waals surface area contributed by atoms with Crippen LogP contribution in [0.3, 0.4) is 0 Å². The molecule has 0 aliphatic heterocycles. The molecule has 0 heterocycles. The van der Waals surface area contributed by atoms with Gasteiger partial charge in [0, 0.05) is 68.1 Å². The van der Waals surface area contributed by atoms with E-state index >= 15 is 0 Å². The predicted octanol–water partition coefficient (Wildman–Crippen LogP) is 10.7. The molecule has 9 aromatic carbocycles. The second kappa shape index (κ2) is 13.0. The van der Waals surface area contributed by atoms with Crippen molar-refractivity contribution in [3.05, 3.63) is 179 Å². The van der Waals surface area contributed by atoms with Crippen LogP contribution in [0.1, 0.15) is 47.2 Å². The Morgan fingerprint density at radius 1 is 0.259 bits per heavy atom. The zero-order valence-electron chi connectivity index (χ0n) is 31.4. The molecule has 0 aliphatic carbocycles. The number of phenols is 8. The lowest BCUT2D eigenvalue weighted by molar-refractivity contribution is 0.430. The summed E-state index contributed by atoms with van der Waals surface area (Å²) in [6.07, 6.45) is 0. The lowest BCUT2D eigenvalue weighted by Crippen LogP contribution is -2.29. The van der Waals surface area contributed by atoms with E-state index in [0.717, 1.165) is 0 Å². The van der Waals surface area contributed by atoms with Crippen LogP contribution in [0.15, 0.2) is 146 Å². The molecule has 0 fully saturated rings. The lowest BCUT2D eigenvalue weighted by atomic mass is 9.65. The van der Waals surface area contributed by atoms with Crippen molar-refractivity contribution in [3.63, 3.8) is 0 Å². The zero-order chi connectivity index (χ0) is 40.7. The number of rotatable bonds is 6. The summed E-state index contributed by atoms with van der Waals surface area (Å²) < 4.78 is 0. The van der Waals surface area contributed by atoms with Crippen molar-refractivity contribution in [3.8, 4) is 46.0 Å². The smallest absolute Gasteiger partial charge is 0.127 e. The number of hydrogen-bond donors (Lipinski definition) is 8. The largest absolute Gasteiger partial charge is 0.507 e. The average molecular weight is 767 g/mol. The summed E-state index contributed by atoms with van der Waals surface area (Å²) in [5.41, 5.74) is 0.0815. The van der Waals surface area contributed by atoms with Crippen LogP contribution in [0.5, 0.6) is 46.0 Å². The summed E-state index contributed by atoms with van der Waals surface area (Å²) in [4.78, 5) is 0. The Labute approximate surface area is 332 Å². The monoisotopic (exact) mass is 766 g/mol. The molecule has 0 aliphatic rings. The van der Waals surface area contributed by atoms with Crippen molar-refractivity contribution in [2.75, 3.05) is 0 Å². The minimum Gasteiger partial charge on any atom is -0.507 e. The van der Waals surface area contributed by atoms with E-state index in [-0.39, 0.29) is 46.0 Å². The van der Waals surface area contributed by atoms with Gasteiger partial charge < -0.3 is 40.9 Å². The van der Waals surface area contributed by atoms with Crippen LogP contribution in [0.2, 0.25) is 0 Å². The predicted molar refractivity (Wildman–Crippen MR) is 227 cm³/mol. The van der Waals surface area contributed by atoms with Crippen molar-refractivity contribution in [2.45, 2.75) is 24.7 Å². The molecule has 9 rings (SSSR count). The average Bonchev–Trinajstić information content (AvgIpc) is 3.21. The molecule has 286 valence electrons. The highest BCUT2D eigenvalue weighted by atomic mass is 16.3. The molecule has 9 aromatic rings. The Kier molecular flexibility index (Phi) is 8.09. The first-order valence-corrected chi connectivity index (χ1v) is 18.7. The molecule has 0 atom stereocenters. The summed E-state index contributed by atoms with van der Waals surface area (Å²) in [5.74, 6) is -1.34. The Morgan fingerprint density at radius 3 is 0.655 bits per heavy atom. The zero-order valence-corrected chi connectivity index (χ0v) is 31.4. The molecule has 8 heteroatoms. The molecule has 0 bridgehead atoms. The molecule has 8 nitrogen and oxygen atoms in total. The summed E-state index contributed by atoms with van der Waals surface area (Å²) in [6.45, 7) is 3.74. The Balaban J connectivity index is 1.39. The maximum Gasteiger partial charge on any atom is 0.127 e. The summed E-state index contributed by atoms with van der Waals surface area (Å²) in [7, 11) is 0. The molecular formula is C50H38O8. The highest BCUT2D eigenvalue weighted by Crippen LogP contribution is 2.56. The molecule has 58 heavy (non-hydrogen) atoms. The Morgan fingerprint density at radius 2 is 0.448 bits per heavy atom. The van der Waals surface area contributed by atoms with Gasteiger partial charge in [0.15, 0.2) is 0 Å². The van der Waals surface area contributed by atoms with Crippen LogP contribution >= 0.6 is 0 Å². The van der Waals surface area contributed by atoms with Gasteiger partial charge in [-0.15, -0.1) is 0 Å². The van der Waals surface area contributed by atoms with Gasteiger partial charge in [0.1, 0.15) is 46.0 Å². The van der Waals surface area contributed by atoms with E-state index in [1.165, 1.54) is 24.3 Å². The van der Waals surface area contributed by atoms with E-state index in [1.54, 1.807) is 97.1 Å². The van der Waals surface area contributed by atoms with Gasteiger partial charge in [-0.05, 0) is 46.5 Å². The van der Waals surface area contributed by atoms with Crippen LogP contribution in [-0.2, 0) is 10.8 Å². The maximum atomic E-state index is 11.9. The number of phenolic OH excluding ortho intramolecular Hbond substituents is 8. The van der Waals surface area contributed by atoms with Gasteiger partial charge in [-0.3, -0.25) is 0 Å². The first-order valence-electron chi connectivity index (χ1n) is 18.7. The molecule has 0 spiro atoms. The van der Waals surface area contributed by atoms with Crippen LogP contribution in [0, 0.1) is 0 Å². The first-order chi connectivity index (χ1) is 27.8. The topological polar surface area (TPSA) is 162 Å². The standard InChI is InChI=1S/C50H38O8/c1-49(45-33-15-7-3-11-29(33)37(51)23-41(45)55,46-34-16-8-4-12-30(34)38(52)24-42(46)56)27-19-21-28(22-20-27)50(2,47-35-17-9-5-13-31(35)39(53)25-43(47)57)48-36-18-10-6-14-32(36)40(54)26-44(48)58/h3-26,51-58H,1-2H3. The second-order valence-electron chi connectivity index (χ2n) is 15.2. The van der Waals surface area contributed by atoms with Crippen molar-refractivity contribution >= 4 is 43.1 Å². The Bertz CT molecular complexity index is 2740. The molecule has 0 radical (unpaired) electrons. The summed E-state index contributed by atoms with van der Waals surface area (Å²) in [6, 6.07) is 41.1. The molecule has 0 saturated heterocycles. The van der Waals surface area contributed by atoms with Gasteiger partial charge in [0.2, 0.25) is 0 Å². The fraction of sp³-hybridized carbons (Fsp3) is 0.0800. The van der Waals surface area contributed by atoms with E-state index in [0.29, 0.717) is 76.5 Å². The van der Waals surface area contributed by atoms with Crippen LogP contribution in [0.25, 0.3) is 43.1 Å².